The molecular formula is C23H17ClF2N6O2. The maximum Gasteiger partial charge on any atom is 0.328 e. The smallest absolute Gasteiger partial charge is 0.328 e. The summed E-state index contributed by atoms with van der Waals surface area (Å²) in [6, 6.07) is 8.62. The monoisotopic (exact) mass is 482 g/mol. The van der Waals surface area contributed by atoms with Crippen LogP contribution in [0.4, 0.5) is 8.78 Å². The molecule has 172 valence electrons. The number of aromatic amines is 1. The minimum atomic E-state index is -0.530. The number of para-hydroxylation sites is 1. The molecule has 3 aromatic heterocycles. The zero-order valence-corrected chi connectivity index (χ0v) is 18.6. The number of hydrogen-bond acceptors (Lipinski definition) is 5. The third-order valence-corrected chi connectivity index (χ3v) is 5.23. The van der Waals surface area contributed by atoms with Crippen LogP contribution in [-0.2, 0) is 6.54 Å². The second-order valence-corrected chi connectivity index (χ2v) is 7.30. The molecule has 0 aliphatic carbocycles. The van der Waals surface area contributed by atoms with Gasteiger partial charge in [-0.3, -0.25) is 9.13 Å². The number of nitrogens with one attached hydrogen (secondary N) is 1. The standard InChI is InChI=1S/C21H15ClF2N6O2.C2H2/c1-2-32-17-11(4-3-5-13(17)24)9-29-19-16(26-21(29)31)18(22)27-20(28-19)30-10-25-14-7-6-12(23)8-15(14)30;1-2/h3-8,10H,2,9H2,1H3,(H,26,31);1-2H. The first-order chi connectivity index (χ1) is 16.5. The summed E-state index contributed by atoms with van der Waals surface area (Å²) in [6.45, 7) is 1.99. The van der Waals surface area contributed by atoms with Crippen molar-refractivity contribution in [3.8, 4) is 24.5 Å². The normalized spacial score (nSPS) is 10.9. The summed E-state index contributed by atoms with van der Waals surface area (Å²) in [5.74, 6) is -0.808. The number of terminal acetylenes is 1. The Morgan fingerprint density at radius 2 is 1.97 bits per heavy atom. The van der Waals surface area contributed by atoms with Crippen molar-refractivity contribution in [1.82, 2.24) is 29.1 Å². The first-order valence-electron chi connectivity index (χ1n) is 9.99. The van der Waals surface area contributed by atoms with Crippen molar-refractivity contribution in [3.05, 3.63) is 75.6 Å². The van der Waals surface area contributed by atoms with Crippen molar-refractivity contribution in [2.75, 3.05) is 6.61 Å². The average molecular weight is 483 g/mol. The van der Waals surface area contributed by atoms with E-state index in [0.29, 0.717) is 16.6 Å². The van der Waals surface area contributed by atoms with E-state index in [1.165, 1.54) is 45.8 Å². The van der Waals surface area contributed by atoms with Gasteiger partial charge in [0.2, 0.25) is 5.95 Å². The van der Waals surface area contributed by atoms with E-state index < -0.39 is 17.3 Å². The number of H-pyrrole nitrogens is 1. The molecule has 0 atom stereocenters. The molecule has 5 rings (SSSR count). The Bertz CT molecular complexity index is 1590. The molecule has 11 heteroatoms. The molecule has 0 fully saturated rings. The molecule has 0 bridgehead atoms. The third kappa shape index (κ3) is 3.97. The van der Waals surface area contributed by atoms with E-state index in [1.807, 2.05) is 0 Å². The summed E-state index contributed by atoms with van der Waals surface area (Å²) in [5.41, 5.74) is 1.37. The Kier molecular flexibility index (Phi) is 6.30. The van der Waals surface area contributed by atoms with Gasteiger partial charge in [0, 0.05) is 11.6 Å². The number of nitrogens with zero attached hydrogens (tertiary/aromatic N) is 5. The first-order valence-corrected chi connectivity index (χ1v) is 10.4. The molecule has 3 heterocycles. The van der Waals surface area contributed by atoms with E-state index in [2.05, 4.69) is 32.8 Å². The Morgan fingerprint density at radius 1 is 1.18 bits per heavy atom. The molecule has 0 saturated carbocycles. The van der Waals surface area contributed by atoms with Crippen molar-refractivity contribution in [2.24, 2.45) is 0 Å². The van der Waals surface area contributed by atoms with Gasteiger partial charge < -0.3 is 9.72 Å². The molecular weight excluding hydrogens is 466 g/mol. The highest BCUT2D eigenvalue weighted by molar-refractivity contribution is 6.33. The summed E-state index contributed by atoms with van der Waals surface area (Å²) in [4.78, 5) is 28.2. The van der Waals surface area contributed by atoms with Crippen molar-refractivity contribution in [3.63, 3.8) is 0 Å². The summed E-state index contributed by atoms with van der Waals surface area (Å²) < 4.78 is 36.3. The van der Waals surface area contributed by atoms with Crippen LogP contribution in [0.5, 0.6) is 5.75 Å². The molecule has 2 aromatic carbocycles. The van der Waals surface area contributed by atoms with E-state index in [-0.39, 0.29) is 41.2 Å². The minimum absolute atomic E-state index is 0.00313. The van der Waals surface area contributed by atoms with Gasteiger partial charge in [-0.15, -0.1) is 12.8 Å². The summed E-state index contributed by atoms with van der Waals surface area (Å²) >= 11 is 6.33. The van der Waals surface area contributed by atoms with Crippen LogP contribution in [0, 0.1) is 24.5 Å². The molecule has 0 amide bonds. The van der Waals surface area contributed by atoms with E-state index >= 15 is 0 Å². The van der Waals surface area contributed by atoms with E-state index in [1.54, 1.807) is 13.0 Å². The Morgan fingerprint density at radius 3 is 2.74 bits per heavy atom. The van der Waals surface area contributed by atoms with Crippen molar-refractivity contribution in [1.29, 1.82) is 0 Å². The lowest BCUT2D eigenvalue weighted by Crippen LogP contribution is -2.18. The van der Waals surface area contributed by atoms with Crippen molar-refractivity contribution >= 4 is 33.8 Å². The third-order valence-electron chi connectivity index (χ3n) is 4.96. The predicted octanol–water partition coefficient (Wildman–Crippen LogP) is 4.09. The number of halogens is 3. The van der Waals surface area contributed by atoms with Crippen LogP contribution in [0.1, 0.15) is 12.5 Å². The number of ether oxygens (including phenoxy) is 1. The van der Waals surface area contributed by atoms with Gasteiger partial charge in [-0.2, -0.15) is 9.97 Å². The molecule has 0 aliphatic rings. The van der Waals surface area contributed by atoms with Crippen LogP contribution in [0.15, 0.2) is 47.5 Å². The van der Waals surface area contributed by atoms with Crippen LogP contribution >= 0.6 is 11.6 Å². The molecule has 34 heavy (non-hydrogen) atoms. The first kappa shape index (κ1) is 22.9. The second kappa shape index (κ2) is 9.33. The van der Waals surface area contributed by atoms with Gasteiger partial charge in [-0.1, -0.05) is 23.7 Å². The fourth-order valence-electron chi connectivity index (χ4n) is 3.53. The molecule has 5 aromatic rings. The number of aromatic nitrogens is 6. The van der Waals surface area contributed by atoms with Crippen LogP contribution in [0.25, 0.3) is 28.1 Å². The lowest BCUT2D eigenvalue weighted by Gasteiger charge is -2.12. The minimum Gasteiger partial charge on any atom is -0.490 e. The van der Waals surface area contributed by atoms with Gasteiger partial charge in [0.15, 0.2) is 22.4 Å². The predicted molar refractivity (Wildman–Crippen MR) is 124 cm³/mol. The molecule has 0 spiro atoms. The van der Waals surface area contributed by atoms with Gasteiger partial charge in [-0.05, 0) is 25.1 Å². The zero-order chi connectivity index (χ0) is 24.4. The highest BCUT2D eigenvalue weighted by Gasteiger charge is 2.19. The summed E-state index contributed by atoms with van der Waals surface area (Å²) in [5, 5.41) is 0.00313. The highest BCUT2D eigenvalue weighted by atomic mass is 35.5. The van der Waals surface area contributed by atoms with E-state index in [0.717, 1.165) is 0 Å². The zero-order valence-electron chi connectivity index (χ0n) is 17.8. The molecule has 1 N–H and O–H groups in total. The van der Waals surface area contributed by atoms with Crippen LogP contribution in [0.2, 0.25) is 5.15 Å². The van der Waals surface area contributed by atoms with E-state index in [9.17, 15) is 13.6 Å². The Labute approximate surface area is 196 Å². The number of rotatable bonds is 5. The molecule has 0 aliphatic heterocycles. The molecule has 0 radical (unpaired) electrons. The second-order valence-electron chi connectivity index (χ2n) is 6.94. The molecule has 8 nitrogen and oxygen atoms in total. The van der Waals surface area contributed by atoms with Crippen LogP contribution < -0.4 is 10.4 Å². The Hall–Kier alpha value is -4.23. The number of benzene rings is 2. The summed E-state index contributed by atoms with van der Waals surface area (Å²) in [7, 11) is 0. The van der Waals surface area contributed by atoms with Gasteiger partial charge in [-0.25, -0.2) is 18.6 Å². The SMILES string of the molecule is C#C.CCOc1c(F)cccc1Cn1c(=O)[nH]c2c(Cl)nc(-n3cnc4ccc(F)cc43)nc21. The van der Waals surface area contributed by atoms with Gasteiger partial charge in [0.05, 0.1) is 24.2 Å². The van der Waals surface area contributed by atoms with Gasteiger partial charge >= 0.3 is 5.69 Å². The van der Waals surface area contributed by atoms with Crippen molar-refractivity contribution in [2.45, 2.75) is 13.5 Å². The molecule has 0 unspecified atom stereocenters. The largest absolute Gasteiger partial charge is 0.490 e. The number of imidazole rings is 2. The fourth-order valence-corrected chi connectivity index (χ4v) is 3.74. The highest BCUT2D eigenvalue weighted by Crippen LogP contribution is 2.26. The van der Waals surface area contributed by atoms with Crippen molar-refractivity contribution < 1.29 is 13.5 Å². The topological polar surface area (TPSA) is 90.6 Å². The molecule has 0 saturated heterocycles. The fraction of sp³-hybridized carbons (Fsp3) is 0.130. The average Bonchev–Trinajstić information content (AvgIpc) is 3.38. The van der Waals surface area contributed by atoms with Crippen LogP contribution in [0.3, 0.4) is 0 Å². The maximum atomic E-state index is 14.3. The number of hydrogen-bond donors (Lipinski definition) is 1. The summed E-state index contributed by atoms with van der Waals surface area (Å²) in [6.07, 6.45) is 9.44. The lowest BCUT2D eigenvalue weighted by molar-refractivity contribution is 0.317. The van der Waals surface area contributed by atoms with E-state index in [4.69, 9.17) is 16.3 Å². The van der Waals surface area contributed by atoms with Gasteiger partial charge in [0.25, 0.3) is 0 Å². The van der Waals surface area contributed by atoms with Gasteiger partial charge in [0.1, 0.15) is 17.7 Å². The maximum absolute atomic E-state index is 14.3. The lowest BCUT2D eigenvalue weighted by atomic mass is 10.2. The number of fused-ring (bicyclic) bond motifs is 2. The Balaban J connectivity index is 0.00000133. The van der Waals surface area contributed by atoms with Crippen LogP contribution in [-0.4, -0.2) is 35.7 Å². The quantitative estimate of drug-likeness (QED) is 0.301.